The van der Waals surface area contributed by atoms with Crippen molar-refractivity contribution in [1.29, 1.82) is 0 Å². The molecule has 5 rings (SSSR count). The number of nitrogens with two attached hydrogens (primary N) is 1. The second kappa shape index (κ2) is 7.28. The second-order valence-corrected chi connectivity index (χ2v) is 8.31. The van der Waals surface area contributed by atoms with Crippen molar-refractivity contribution in [2.75, 3.05) is 25.1 Å². The van der Waals surface area contributed by atoms with Crippen molar-refractivity contribution in [2.45, 2.75) is 38.6 Å². The number of hydrogen-bond donors (Lipinski definition) is 2. The molecule has 1 saturated heterocycles. The van der Waals surface area contributed by atoms with Gasteiger partial charge in [0.2, 0.25) is 0 Å². The molecule has 8 heteroatoms. The van der Waals surface area contributed by atoms with Gasteiger partial charge >= 0.3 is 0 Å². The minimum absolute atomic E-state index is 0.303. The van der Waals surface area contributed by atoms with Gasteiger partial charge in [-0.05, 0) is 36.5 Å². The zero-order valence-electron chi connectivity index (χ0n) is 17.6. The van der Waals surface area contributed by atoms with E-state index in [1.807, 2.05) is 18.5 Å². The summed E-state index contributed by atoms with van der Waals surface area (Å²) in [6.07, 6.45) is 7.48. The molecule has 3 N–H and O–H groups in total. The average Bonchev–Trinajstić information content (AvgIpc) is 3.37. The lowest BCUT2D eigenvalue weighted by Crippen LogP contribution is -2.40. The van der Waals surface area contributed by atoms with Gasteiger partial charge < -0.3 is 20.4 Å². The highest BCUT2D eigenvalue weighted by molar-refractivity contribution is 5.92. The molecule has 0 atom stereocenters. The summed E-state index contributed by atoms with van der Waals surface area (Å²) in [6.45, 7) is 6.34. The summed E-state index contributed by atoms with van der Waals surface area (Å²) in [6, 6.07) is 4.53. The van der Waals surface area contributed by atoms with E-state index in [2.05, 4.69) is 39.9 Å². The van der Waals surface area contributed by atoms with Crippen molar-refractivity contribution in [3.8, 4) is 17.0 Å². The van der Waals surface area contributed by atoms with Gasteiger partial charge in [-0.2, -0.15) is 5.10 Å². The van der Waals surface area contributed by atoms with Gasteiger partial charge in [0, 0.05) is 36.3 Å². The zero-order valence-corrected chi connectivity index (χ0v) is 17.6. The fraction of sp³-hybridized carbons (Fsp3) is 0.409. The number of aromatic nitrogens is 5. The Hall–Kier alpha value is -3.13. The smallest absolute Gasteiger partial charge is 0.197 e. The first-order chi connectivity index (χ1) is 14.5. The number of pyridine rings is 2. The number of hydrogen-bond acceptors (Lipinski definition) is 6. The van der Waals surface area contributed by atoms with Crippen molar-refractivity contribution in [3.05, 3.63) is 36.4 Å². The van der Waals surface area contributed by atoms with Crippen LogP contribution in [0, 0.1) is 0 Å². The molecule has 0 amide bonds. The minimum atomic E-state index is 0.303. The number of nitrogens with zero attached hydrogens (tertiary/aromatic N) is 5. The van der Waals surface area contributed by atoms with Gasteiger partial charge in [0.1, 0.15) is 12.1 Å². The molecule has 4 aromatic rings. The van der Waals surface area contributed by atoms with Gasteiger partial charge in [-0.3, -0.25) is 0 Å². The van der Waals surface area contributed by atoms with Crippen LogP contribution in [0.1, 0.15) is 38.2 Å². The number of ether oxygens (including phenoxy) is 1. The first kappa shape index (κ1) is 18.9. The molecular weight excluding hydrogens is 378 g/mol. The third kappa shape index (κ3) is 3.08. The second-order valence-electron chi connectivity index (χ2n) is 8.31. The van der Waals surface area contributed by atoms with Crippen molar-refractivity contribution in [2.24, 2.45) is 5.73 Å². The quantitative estimate of drug-likeness (QED) is 0.540. The molecule has 4 aromatic heterocycles. The molecule has 1 fully saturated rings. The lowest BCUT2D eigenvalue weighted by molar-refractivity contribution is 0.416. The first-order valence-corrected chi connectivity index (χ1v) is 10.4. The molecule has 0 aromatic carbocycles. The minimum Gasteiger partial charge on any atom is -0.493 e. The summed E-state index contributed by atoms with van der Waals surface area (Å²) in [5.74, 6) is 2.05. The number of methoxy groups -OCH3 is 1. The number of nitrogens with one attached hydrogen (secondary N) is 1. The van der Waals surface area contributed by atoms with Crippen LogP contribution in [0.25, 0.3) is 27.8 Å². The largest absolute Gasteiger partial charge is 0.493 e. The van der Waals surface area contributed by atoms with Crippen LogP contribution >= 0.6 is 0 Å². The van der Waals surface area contributed by atoms with Gasteiger partial charge in [-0.1, -0.05) is 13.8 Å². The Morgan fingerprint density at radius 1 is 1.20 bits per heavy atom. The summed E-state index contributed by atoms with van der Waals surface area (Å²) in [5, 5.41) is 5.51. The molecule has 0 spiro atoms. The van der Waals surface area contributed by atoms with Crippen LogP contribution in [0.4, 0.5) is 5.82 Å². The van der Waals surface area contributed by atoms with E-state index in [9.17, 15) is 0 Å². The predicted molar refractivity (Wildman–Crippen MR) is 118 cm³/mol. The normalized spacial score (nSPS) is 15.6. The lowest BCUT2D eigenvalue weighted by Gasteiger charge is -2.31. The van der Waals surface area contributed by atoms with Crippen LogP contribution in [-0.4, -0.2) is 50.8 Å². The molecule has 1 aliphatic heterocycles. The van der Waals surface area contributed by atoms with Crippen LogP contribution < -0.4 is 15.4 Å². The van der Waals surface area contributed by atoms with Crippen LogP contribution in [0.5, 0.6) is 5.75 Å². The molecule has 5 heterocycles. The third-order valence-corrected chi connectivity index (χ3v) is 6.00. The van der Waals surface area contributed by atoms with E-state index in [-0.39, 0.29) is 0 Å². The highest BCUT2D eigenvalue weighted by Crippen LogP contribution is 2.38. The number of aromatic amines is 1. The van der Waals surface area contributed by atoms with E-state index in [0.717, 1.165) is 48.5 Å². The Bertz CT molecular complexity index is 1200. The van der Waals surface area contributed by atoms with E-state index >= 15 is 0 Å². The van der Waals surface area contributed by atoms with Crippen LogP contribution in [-0.2, 0) is 0 Å². The summed E-state index contributed by atoms with van der Waals surface area (Å²) in [4.78, 5) is 15.0. The van der Waals surface area contributed by atoms with Crippen LogP contribution in [0.15, 0.2) is 30.9 Å². The molecule has 0 bridgehead atoms. The molecule has 8 nitrogen and oxygen atoms in total. The molecular formula is C22H27N7O. The van der Waals surface area contributed by atoms with Crippen molar-refractivity contribution < 1.29 is 4.74 Å². The Balaban J connectivity index is 1.65. The van der Waals surface area contributed by atoms with Crippen molar-refractivity contribution >= 4 is 22.4 Å². The van der Waals surface area contributed by atoms with Gasteiger partial charge in [0.05, 0.1) is 24.5 Å². The molecule has 0 radical (unpaired) electrons. The number of rotatable bonds is 4. The van der Waals surface area contributed by atoms with E-state index in [4.69, 9.17) is 15.5 Å². The van der Waals surface area contributed by atoms with Crippen molar-refractivity contribution in [3.63, 3.8) is 0 Å². The average molecular weight is 406 g/mol. The zero-order chi connectivity index (χ0) is 20.8. The monoisotopic (exact) mass is 405 g/mol. The third-order valence-electron chi connectivity index (χ3n) is 6.00. The Kier molecular flexibility index (Phi) is 4.58. The van der Waals surface area contributed by atoms with Gasteiger partial charge in [-0.15, -0.1) is 0 Å². The number of H-pyrrole nitrogens is 1. The van der Waals surface area contributed by atoms with Gasteiger partial charge in [0.15, 0.2) is 11.4 Å². The van der Waals surface area contributed by atoms with Gasteiger partial charge in [-0.25, -0.2) is 14.5 Å². The number of fused-ring (bicyclic) bond motifs is 2. The summed E-state index contributed by atoms with van der Waals surface area (Å²) < 4.78 is 7.32. The first-order valence-electron chi connectivity index (χ1n) is 10.4. The van der Waals surface area contributed by atoms with Gasteiger partial charge in [0.25, 0.3) is 0 Å². The summed E-state index contributed by atoms with van der Waals surface area (Å²) >= 11 is 0. The van der Waals surface area contributed by atoms with Crippen LogP contribution in [0.3, 0.4) is 0 Å². The predicted octanol–water partition coefficient (Wildman–Crippen LogP) is 3.33. The molecule has 0 saturated carbocycles. The topological polar surface area (TPSA) is 97.4 Å². The molecule has 156 valence electrons. The van der Waals surface area contributed by atoms with Crippen LogP contribution in [0.2, 0.25) is 0 Å². The lowest BCUT2D eigenvalue weighted by atomic mass is 9.97. The maximum absolute atomic E-state index is 6.08. The fourth-order valence-corrected chi connectivity index (χ4v) is 4.42. The summed E-state index contributed by atoms with van der Waals surface area (Å²) in [5.41, 5.74) is 11.2. The Labute approximate surface area is 175 Å². The Morgan fingerprint density at radius 2 is 2.00 bits per heavy atom. The van der Waals surface area contributed by atoms with E-state index in [1.165, 1.54) is 17.3 Å². The SMILES string of the molecule is COc1cc(-c2[nH]c3cnc(N4CCC(N)CC4)cc3c2C(C)C)cn2ncnc12. The molecule has 1 aliphatic rings. The highest BCUT2D eigenvalue weighted by atomic mass is 16.5. The Morgan fingerprint density at radius 3 is 2.73 bits per heavy atom. The maximum Gasteiger partial charge on any atom is 0.197 e. The van der Waals surface area contributed by atoms with Crippen molar-refractivity contribution in [1.82, 2.24) is 24.6 Å². The van der Waals surface area contributed by atoms with E-state index < -0.39 is 0 Å². The molecule has 0 aliphatic carbocycles. The standard InChI is InChI=1S/C22H27N7O/c1-13(2)20-16-9-19(28-6-4-15(23)5-7-28)24-10-17(16)27-21(20)14-8-18(30-3)22-25-12-26-29(22)11-14/h8-13,15,27H,4-7,23H2,1-3H3. The molecule has 0 unspecified atom stereocenters. The molecule has 30 heavy (non-hydrogen) atoms. The van der Waals surface area contributed by atoms with E-state index in [1.54, 1.807) is 11.6 Å². The maximum atomic E-state index is 6.08. The number of anilines is 1. The fourth-order valence-electron chi connectivity index (χ4n) is 4.42. The highest BCUT2D eigenvalue weighted by Gasteiger charge is 2.22. The summed E-state index contributed by atoms with van der Waals surface area (Å²) in [7, 11) is 1.66. The number of piperidine rings is 1. The van der Waals surface area contributed by atoms with E-state index in [0.29, 0.717) is 23.4 Å².